The molecule has 0 unspecified atom stereocenters. The Labute approximate surface area is 394 Å². The lowest BCUT2D eigenvalue weighted by atomic mass is 9.65. The smallest absolute Gasteiger partial charge is 0.0720 e. The van der Waals surface area contributed by atoms with Crippen molar-refractivity contribution in [1.29, 1.82) is 0 Å². The van der Waals surface area contributed by atoms with Crippen LogP contribution < -0.4 is 4.90 Å². The minimum absolute atomic E-state index is 0.224. The van der Waals surface area contributed by atoms with Crippen LogP contribution in [-0.2, 0) is 10.8 Å². The molecule has 0 spiro atoms. The van der Waals surface area contributed by atoms with Crippen LogP contribution in [-0.4, -0.2) is 0 Å². The SMILES string of the molecule is C=C/C=C\C1=C(c2cccc3ccccc23)C(c2ccccc2)(c2ccccc2)c2cc(N(c3ccc4c(c3)C(C)(C)c3cc(-c5ccccc5)ccc3-4)c3ccc4ccccc4c3)ccc21. The molecule has 0 aliphatic heterocycles. The number of hydrogen-bond donors (Lipinski definition) is 0. The second-order valence-electron chi connectivity index (χ2n) is 18.5. The van der Waals surface area contributed by atoms with Crippen molar-refractivity contribution in [3.8, 4) is 22.3 Å². The number of rotatable bonds is 9. The Morgan fingerprint density at radius 1 is 0.403 bits per heavy atom. The molecule has 0 N–H and O–H groups in total. The average molecular weight is 856 g/mol. The quantitative estimate of drug-likeness (QED) is 0.131. The van der Waals surface area contributed by atoms with Crippen molar-refractivity contribution in [2.75, 3.05) is 4.90 Å². The summed E-state index contributed by atoms with van der Waals surface area (Å²) < 4.78 is 0. The summed E-state index contributed by atoms with van der Waals surface area (Å²) in [5.41, 5.74) is 18.7. The van der Waals surface area contributed by atoms with Crippen molar-refractivity contribution in [2.45, 2.75) is 24.7 Å². The van der Waals surface area contributed by atoms with Gasteiger partial charge in [0.15, 0.2) is 0 Å². The summed E-state index contributed by atoms with van der Waals surface area (Å²) in [6, 6.07) is 85.6. The van der Waals surface area contributed by atoms with E-state index in [0.717, 1.165) is 17.1 Å². The van der Waals surface area contributed by atoms with E-state index in [0.29, 0.717) is 0 Å². The third-order valence-electron chi connectivity index (χ3n) is 14.5. The summed E-state index contributed by atoms with van der Waals surface area (Å²) in [4.78, 5) is 2.48. The molecule has 67 heavy (non-hydrogen) atoms. The number of hydrogen-bond acceptors (Lipinski definition) is 1. The summed E-state index contributed by atoms with van der Waals surface area (Å²) in [5.74, 6) is 0. The van der Waals surface area contributed by atoms with E-state index >= 15 is 0 Å². The lowest BCUT2D eigenvalue weighted by Gasteiger charge is -2.37. The first kappa shape index (κ1) is 40.3. The van der Waals surface area contributed by atoms with Gasteiger partial charge >= 0.3 is 0 Å². The van der Waals surface area contributed by atoms with Gasteiger partial charge < -0.3 is 4.90 Å². The molecule has 0 aromatic heterocycles. The minimum Gasteiger partial charge on any atom is -0.310 e. The van der Waals surface area contributed by atoms with E-state index in [2.05, 4.69) is 268 Å². The molecule has 318 valence electrons. The lowest BCUT2D eigenvalue weighted by molar-refractivity contribution is 0.660. The number of fused-ring (bicyclic) bond motifs is 6. The summed E-state index contributed by atoms with van der Waals surface area (Å²) in [7, 11) is 0. The molecule has 2 aliphatic carbocycles. The molecule has 0 radical (unpaired) electrons. The van der Waals surface area contributed by atoms with Crippen molar-refractivity contribution in [2.24, 2.45) is 0 Å². The van der Waals surface area contributed by atoms with E-state index in [9.17, 15) is 0 Å². The second kappa shape index (κ2) is 16.0. The minimum atomic E-state index is -0.689. The number of anilines is 3. The molecule has 2 aliphatic rings. The first-order valence-electron chi connectivity index (χ1n) is 23.4. The van der Waals surface area contributed by atoms with Gasteiger partial charge in [0.1, 0.15) is 0 Å². The highest BCUT2D eigenvalue weighted by Gasteiger charge is 2.48. The number of nitrogens with zero attached hydrogens (tertiary/aromatic N) is 1. The summed E-state index contributed by atoms with van der Waals surface area (Å²) in [5, 5.41) is 4.86. The highest BCUT2D eigenvalue weighted by Crippen LogP contribution is 2.60. The van der Waals surface area contributed by atoms with E-state index in [-0.39, 0.29) is 5.41 Å². The van der Waals surface area contributed by atoms with Crippen molar-refractivity contribution in [3.63, 3.8) is 0 Å². The van der Waals surface area contributed by atoms with Crippen LogP contribution in [0.25, 0.3) is 54.9 Å². The third-order valence-corrected chi connectivity index (χ3v) is 14.5. The van der Waals surface area contributed by atoms with Crippen LogP contribution >= 0.6 is 0 Å². The Hall–Kier alpha value is -8.26. The van der Waals surface area contributed by atoms with Crippen LogP contribution in [0.5, 0.6) is 0 Å². The molecule has 10 aromatic carbocycles. The molecule has 0 atom stereocenters. The van der Waals surface area contributed by atoms with Crippen LogP contribution in [0.2, 0.25) is 0 Å². The first-order valence-corrected chi connectivity index (χ1v) is 23.4. The fourth-order valence-electron chi connectivity index (χ4n) is 11.4. The highest BCUT2D eigenvalue weighted by atomic mass is 15.1. The standard InChI is InChI=1S/C66H49N/c1-4-5-30-60-58-40-37-54(44-63(58)66(50-26-11-7-12-27-50,51-28-13-8-14-29-51)64(60)59-32-19-25-47-23-17-18-31-55(47)59)67(52-35-33-46-22-15-16-24-48(46)41-52)53-36-39-57-56-38-34-49(45-20-9-6-10-21-45)42-61(56)65(2,3)62(57)43-53/h4-44H,1H2,2-3H3/b30-5-. The van der Waals surface area contributed by atoms with Gasteiger partial charge in [-0.25, -0.2) is 0 Å². The zero-order valence-electron chi connectivity index (χ0n) is 37.8. The second-order valence-corrected chi connectivity index (χ2v) is 18.5. The lowest BCUT2D eigenvalue weighted by Crippen LogP contribution is -2.29. The zero-order chi connectivity index (χ0) is 45.1. The highest BCUT2D eigenvalue weighted by molar-refractivity contribution is 6.13. The topological polar surface area (TPSA) is 3.24 Å². The van der Waals surface area contributed by atoms with Crippen LogP contribution in [0, 0.1) is 0 Å². The maximum absolute atomic E-state index is 4.15. The summed E-state index contributed by atoms with van der Waals surface area (Å²) >= 11 is 0. The fourth-order valence-corrected chi connectivity index (χ4v) is 11.4. The fraction of sp³-hybridized carbons (Fsp3) is 0.0606. The van der Waals surface area contributed by atoms with Crippen LogP contribution in [0.4, 0.5) is 17.1 Å². The van der Waals surface area contributed by atoms with Crippen LogP contribution in [0.1, 0.15) is 52.8 Å². The Bertz CT molecular complexity index is 3570. The van der Waals surface area contributed by atoms with E-state index in [1.54, 1.807) is 0 Å². The number of benzene rings is 10. The van der Waals surface area contributed by atoms with Crippen LogP contribution in [0.3, 0.4) is 0 Å². The molecule has 0 fully saturated rings. The van der Waals surface area contributed by atoms with Gasteiger partial charge in [-0.1, -0.05) is 227 Å². The molecule has 0 saturated carbocycles. The Balaban J connectivity index is 1.12. The van der Waals surface area contributed by atoms with Gasteiger partial charge in [-0.05, 0) is 136 Å². The van der Waals surface area contributed by atoms with E-state index in [4.69, 9.17) is 0 Å². The molecule has 1 heteroatoms. The largest absolute Gasteiger partial charge is 0.310 e. The molecule has 0 saturated heterocycles. The first-order chi connectivity index (χ1) is 32.9. The third kappa shape index (κ3) is 6.38. The zero-order valence-corrected chi connectivity index (χ0v) is 37.8. The molecular formula is C66H49N. The molecule has 12 rings (SSSR count). The van der Waals surface area contributed by atoms with Gasteiger partial charge in [-0.3, -0.25) is 0 Å². The monoisotopic (exact) mass is 855 g/mol. The maximum Gasteiger partial charge on any atom is 0.0720 e. The normalized spacial score (nSPS) is 14.3. The van der Waals surface area contributed by atoms with Crippen molar-refractivity contribution >= 4 is 49.8 Å². The molecule has 0 bridgehead atoms. The predicted molar refractivity (Wildman–Crippen MR) is 284 cm³/mol. The molecule has 10 aromatic rings. The van der Waals surface area contributed by atoms with E-state index in [1.807, 2.05) is 6.08 Å². The van der Waals surface area contributed by atoms with Gasteiger partial charge in [-0.15, -0.1) is 0 Å². The molecule has 0 heterocycles. The molecular weight excluding hydrogens is 807 g/mol. The Morgan fingerprint density at radius 2 is 0.940 bits per heavy atom. The van der Waals surface area contributed by atoms with Crippen molar-refractivity contribution < 1.29 is 0 Å². The van der Waals surface area contributed by atoms with Gasteiger partial charge in [-0.2, -0.15) is 0 Å². The summed E-state index contributed by atoms with van der Waals surface area (Å²) in [6.45, 7) is 8.93. The Kier molecular flexibility index (Phi) is 9.62. The average Bonchev–Trinajstić information content (AvgIpc) is 3.80. The van der Waals surface area contributed by atoms with Gasteiger partial charge in [0.2, 0.25) is 0 Å². The van der Waals surface area contributed by atoms with Gasteiger partial charge in [0.25, 0.3) is 0 Å². The van der Waals surface area contributed by atoms with Crippen LogP contribution in [0.15, 0.2) is 255 Å². The molecule has 1 nitrogen and oxygen atoms in total. The van der Waals surface area contributed by atoms with E-state index < -0.39 is 5.41 Å². The molecule has 0 amide bonds. The Morgan fingerprint density at radius 3 is 1.64 bits per heavy atom. The van der Waals surface area contributed by atoms with Crippen molar-refractivity contribution in [1.82, 2.24) is 0 Å². The van der Waals surface area contributed by atoms with Gasteiger partial charge in [0, 0.05) is 22.5 Å². The van der Waals surface area contributed by atoms with Crippen molar-refractivity contribution in [3.05, 3.63) is 294 Å². The van der Waals surface area contributed by atoms with E-state index in [1.165, 1.54) is 93.9 Å². The van der Waals surface area contributed by atoms with Gasteiger partial charge in [0.05, 0.1) is 5.41 Å². The summed E-state index contributed by atoms with van der Waals surface area (Å²) in [6.07, 6.45) is 6.27. The number of allylic oxidation sites excluding steroid dienone is 5. The predicted octanol–water partition coefficient (Wildman–Crippen LogP) is 17.4. The maximum atomic E-state index is 4.15.